The third kappa shape index (κ3) is 2.96. The molecule has 1 unspecified atom stereocenters. The molecule has 0 spiro atoms. The average molecular weight is 200 g/mol. The second-order valence-electron chi connectivity index (χ2n) is 3.80. The fourth-order valence-corrected chi connectivity index (χ4v) is 1.72. The molecule has 0 aromatic rings. The fourth-order valence-electron chi connectivity index (χ4n) is 1.72. The predicted octanol–water partition coefficient (Wildman–Crippen LogP) is 0.617. The van der Waals surface area contributed by atoms with Gasteiger partial charge in [-0.15, -0.1) is 0 Å². The number of rotatable bonds is 4. The van der Waals surface area contributed by atoms with Crippen LogP contribution in [0.1, 0.15) is 33.1 Å². The molecule has 0 aliphatic carbocycles. The third-order valence-electron chi connectivity index (χ3n) is 2.56. The van der Waals surface area contributed by atoms with Gasteiger partial charge in [0.25, 0.3) is 0 Å². The van der Waals surface area contributed by atoms with Gasteiger partial charge in [0.2, 0.25) is 5.91 Å². The molecule has 1 fully saturated rings. The SMILES string of the molecule is CCN1CCCC(=O)N1CCC(C)O. The molecule has 4 nitrogen and oxygen atoms in total. The molecule has 1 saturated heterocycles. The van der Waals surface area contributed by atoms with Crippen molar-refractivity contribution in [1.29, 1.82) is 0 Å². The van der Waals surface area contributed by atoms with Crippen molar-refractivity contribution in [3.63, 3.8) is 0 Å². The highest BCUT2D eigenvalue weighted by Gasteiger charge is 2.24. The fraction of sp³-hybridized carbons (Fsp3) is 0.900. The highest BCUT2D eigenvalue weighted by atomic mass is 16.3. The van der Waals surface area contributed by atoms with Crippen LogP contribution in [-0.4, -0.2) is 46.8 Å². The molecule has 0 bridgehead atoms. The zero-order valence-corrected chi connectivity index (χ0v) is 9.07. The molecular weight excluding hydrogens is 180 g/mol. The number of hydrazine groups is 1. The third-order valence-corrected chi connectivity index (χ3v) is 2.56. The summed E-state index contributed by atoms with van der Waals surface area (Å²) < 4.78 is 0. The lowest BCUT2D eigenvalue weighted by molar-refractivity contribution is -0.155. The average Bonchev–Trinajstić information content (AvgIpc) is 2.15. The highest BCUT2D eigenvalue weighted by Crippen LogP contribution is 2.12. The van der Waals surface area contributed by atoms with Gasteiger partial charge in [0.05, 0.1) is 6.10 Å². The summed E-state index contributed by atoms with van der Waals surface area (Å²) in [6.45, 7) is 6.27. The summed E-state index contributed by atoms with van der Waals surface area (Å²) >= 11 is 0. The minimum atomic E-state index is -0.330. The summed E-state index contributed by atoms with van der Waals surface area (Å²) in [5.41, 5.74) is 0. The predicted molar refractivity (Wildman–Crippen MR) is 54.5 cm³/mol. The monoisotopic (exact) mass is 200 g/mol. The first-order valence-electron chi connectivity index (χ1n) is 5.38. The molecular formula is C10H20N2O2. The Hall–Kier alpha value is -0.610. The molecule has 1 rings (SSSR count). The van der Waals surface area contributed by atoms with Gasteiger partial charge in [-0.25, -0.2) is 5.01 Å². The van der Waals surface area contributed by atoms with E-state index in [9.17, 15) is 9.90 Å². The number of nitrogens with zero attached hydrogens (tertiary/aromatic N) is 2. The standard InChI is InChI=1S/C10H20N2O2/c1-3-11-7-4-5-10(14)12(11)8-6-9(2)13/h9,13H,3-8H2,1-2H3. The van der Waals surface area contributed by atoms with Crippen LogP contribution in [0.4, 0.5) is 0 Å². The summed E-state index contributed by atoms with van der Waals surface area (Å²) in [5.74, 6) is 0.193. The van der Waals surface area contributed by atoms with Crippen molar-refractivity contribution < 1.29 is 9.90 Å². The van der Waals surface area contributed by atoms with Crippen molar-refractivity contribution >= 4 is 5.91 Å². The van der Waals surface area contributed by atoms with E-state index in [4.69, 9.17) is 0 Å². The molecule has 0 aromatic heterocycles. The van der Waals surface area contributed by atoms with Crippen molar-refractivity contribution in [3.05, 3.63) is 0 Å². The summed E-state index contributed by atoms with van der Waals surface area (Å²) in [7, 11) is 0. The first-order chi connectivity index (χ1) is 6.65. The maximum atomic E-state index is 11.6. The van der Waals surface area contributed by atoms with Crippen LogP contribution in [-0.2, 0) is 4.79 Å². The van der Waals surface area contributed by atoms with E-state index < -0.39 is 0 Å². The molecule has 1 aliphatic heterocycles. The van der Waals surface area contributed by atoms with Crippen molar-refractivity contribution in [2.45, 2.75) is 39.2 Å². The Kier molecular flexibility index (Phi) is 4.35. The van der Waals surface area contributed by atoms with Crippen molar-refractivity contribution in [2.24, 2.45) is 0 Å². The number of carbonyl (C=O) groups is 1. The minimum Gasteiger partial charge on any atom is -0.393 e. The molecule has 0 aromatic carbocycles. The number of aliphatic hydroxyl groups excluding tert-OH is 1. The van der Waals surface area contributed by atoms with E-state index in [1.807, 2.05) is 6.92 Å². The van der Waals surface area contributed by atoms with Crippen LogP contribution in [0.15, 0.2) is 0 Å². The maximum Gasteiger partial charge on any atom is 0.236 e. The Bertz CT molecular complexity index is 195. The molecule has 14 heavy (non-hydrogen) atoms. The largest absolute Gasteiger partial charge is 0.393 e. The lowest BCUT2D eigenvalue weighted by atomic mass is 10.2. The van der Waals surface area contributed by atoms with Crippen molar-refractivity contribution in [2.75, 3.05) is 19.6 Å². The summed E-state index contributed by atoms with van der Waals surface area (Å²) in [6.07, 6.45) is 1.93. The molecule has 1 heterocycles. The van der Waals surface area contributed by atoms with E-state index in [2.05, 4.69) is 5.01 Å². The molecule has 1 amide bonds. The van der Waals surface area contributed by atoms with Crippen molar-refractivity contribution in [1.82, 2.24) is 10.0 Å². The number of hydrogen-bond acceptors (Lipinski definition) is 3. The first kappa shape index (κ1) is 11.5. The molecule has 4 heteroatoms. The Labute approximate surface area is 85.5 Å². The lowest BCUT2D eigenvalue weighted by Gasteiger charge is -2.38. The van der Waals surface area contributed by atoms with Gasteiger partial charge in [0.15, 0.2) is 0 Å². The number of carbonyl (C=O) groups excluding carboxylic acids is 1. The second kappa shape index (κ2) is 5.32. The number of amides is 1. The molecule has 1 N–H and O–H groups in total. The molecule has 82 valence electrons. The maximum absolute atomic E-state index is 11.6. The molecule has 1 aliphatic rings. The zero-order valence-electron chi connectivity index (χ0n) is 9.07. The second-order valence-corrected chi connectivity index (χ2v) is 3.80. The number of aliphatic hydroxyl groups is 1. The van der Waals surface area contributed by atoms with Crippen LogP contribution >= 0.6 is 0 Å². The van der Waals surface area contributed by atoms with Gasteiger partial charge in [0.1, 0.15) is 0 Å². The summed E-state index contributed by atoms with van der Waals surface area (Å²) in [5, 5.41) is 13.0. The van der Waals surface area contributed by atoms with Gasteiger partial charge < -0.3 is 5.11 Å². The Morgan fingerprint density at radius 2 is 2.29 bits per heavy atom. The van der Waals surface area contributed by atoms with E-state index in [0.29, 0.717) is 19.4 Å². The normalized spacial score (nSPS) is 21.4. The first-order valence-corrected chi connectivity index (χ1v) is 5.38. The Morgan fingerprint density at radius 1 is 1.57 bits per heavy atom. The van der Waals surface area contributed by atoms with Gasteiger partial charge in [-0.3, -0.25) is 9.80 Å². The van der Waals surface area contributed by atoms with Crippen LogP contribution < -0.4 is 0 Å². The van der Waals surface area contributed by atoms with E-state index >= 15 is 0 Å². The van der Waals surface area contributed by atoms with Crippen LogP contribution in [0.3, 0.4) is 0 Å². The van der Waals surface area contributed by atoms with Crippen LogP contribution in [0.2, 0.25) is 0 Å². The highest BCUT2D eigenvalue weighted by molar-refractivity contribution is 5.76. The van der Waals surface area contributed by atoms with Gasteiger partial charge in [0, 0.05) is 26.1 Å². The van der Waals surface area contributed by atoms with Gasteiger partial charge in [-0.05, 0) is 19.8 Å². The Morgan fingerprint density at radius 3 is 2.86 bits per heavy atom. The summed E-state index contributed by atoms with van der Waals surface area (Å²) in [6, 6.07) is 0. The van der Waals surface area contributed by atoms with Gasteiger partial charge in [-0.1, -0.05) is 6.92 Å². The van der Waals surface area contributed by atoms with Gasteiger partial charge >= 0.3 is 0 Å². The number of hydrogen-bond donors (Lipinski definition) is 1. The molecule has 0 radical (unpaired) electrons. The van der Waals surface area contributed by atoms with E-state index in [1.54, 1.807) is 11.9 Å². The zero-order chi connectivity index (χ0) is 10.6. The quantitative estimate of drug-likeness (QED) is 0.723. The topological polar surface area (TPSA) is 43.8 Å². The Balaban J connectivity index is 2.46. The minimum absolute atomic E-state index is 0.193. The van der Waals surface area contributed by atoms with E-state index in [-0.39, 0.29) is 12.0 Å². The van der Waals surface area contributed by atoms with E-state index in [0.717, 1.165) is 19.5 Å². The molecule has 0 saturated carbocycles. The smallest absolute Gasteiger partial charge is 0.236 e. The van der Waals surface area contributed by atoms with E-state index in [1.165, 1.54) is 0 Å². The van der Waals surface area contributed by atoms with Gasteiger partial charge in [-0.2, -0.15) is 0 Å². The van der Waals surface area contributed by atoms with Crippen molar-refractivity contribution in [3.8, 4) is 0 Å². The van der Waals surface area contributed by atoms with Crippen LogP contribution in [0.25, 0.3) is 0 Å². The lowest BCUT2D eigenvalue weighted by Crippen LogP contribution is -2.51. The summed E-state index contributed by atoms with van der Waals surface area (Å²) in [4.78, 5) is 11.6. The van der Waals surface area contributed by atoms with Crippen LogP contribution in [0, 0.1) is 0 Å². The van der Waals surface area contributed by atoms with Crippen LogP contribution in [0.5, 0.6) is 0 Å². The molecule has 1 atom stereocenters.